The van der Waals surface area contributed by atoms with Crippen LogP contribution in [0.4, 0.5) is 0 Å². The second-order valence-corrected chi connectivity index (χ2v) is 2.26. The van der Waals surface area contributed by atoms with Gasteiger partial charge < -0.3 is 14.0 Å². The van der Waals surface area contributed by atoms with Gasteiger partial charge in [0.25, 0.3) is 5.76 Å². The number of hydrogen-bond donors (Lipinski definition) is 0. The molecule has 0 N–H and O–H groups in total. The van der Waals surface area contributed by atoms with E-state index in [9.17, 15) is 0 Å². The smallest absolute Gasteiger partial charge is 0.524 e. The van der Waals surface area contributed by atoms with Crippen molar-refractivity contribution in [2.24, 2.45) is 0 Å². The Morgan fingerprint density at radius 3 is 2.00 bits per heavy atom. The number of rotatable bonds is 6. The average Bonchev–Trinajstić information content (AvgIpc) is 1.80. The summed E-state index contributed by atoms with van der Waals surface area (Å²) in [4.78, 5) is 0. The summed E-state index contributed by atoms with van der Waals surface area (Å²) in [5.74, 6) is 0.604. The van der Waals surface area contributed by atoms with Gasteiger partial charge in [-0.15, -0.1) is 0 Å². The normalized spacial score (nSPS) is 8.38. The minimum atomic E-state index is -1.03. The van der Waals surface area contributed by atoms with E-state index in [1.807, 2.05) is 0 Å². The van der Waals surface area contributed by atoms with Crippen LogP contribution in [0.1, 0.15) is 0 Å². The molecule has 13 heavy (non-hydrogen) atoms. The van der Waals surface area contributed by atoms with Crippen molar-refractivity contribution in [1.82, 2.24) is 0 Å². The molecule has 4 heteroatoms. The predicted octanol–water partition coefficient (Wildman–Crippen LogP) is 2.06. The van der Waals surface area contributed by atoms with Crippen LogP contribution in [0.3, 0.4) is 0 Å². The molecule has 0 fully saturated rings. The lowest BCUT2D eigenvalue weighted by Gasteiger charge is -2.16. The number of allylic oxidation sites excluding steroid dienone is 3. The van der Waals surface area contributed by atoms with Crippen LogP contribution >= 0.6 is 0 Å². The second-order valence-electron chi connectivity index (χ2n) is 2.26. The third kappa shape index (κ3) is 6.81. The third-order valence-corrected chi connectivity index (χ3v) is 0.789. The van der Waals surface area contributed by atoms with Crippen molar-refractivity contribution in [3.05, 3.63) is 57.8 Å². The quantitative estimate of drug-likeness (QED) is 0.354. The lowest BCUT2D eigenvalue weighted by molar-refractivity contribution is 0.195. The highest BCUT2D eigenvalue weighted by atomic mass is 16.7. The van der Waals surface area contributed by atoms with E-state index in [4.69, 9.17) is 14.0 Å². The van der Waals surface area contributed by atoms with Gasteiger partial charge in [-0.25, -0.2) is 13.5 Å². The van der Waals surface area contributed by atoms with Gasteiger partial charge in [0.2, 0.25) is 0 Å². The summed E-state index contributed by atoms with van der Waals surface area (Å²) >= 11 is 0. The third-order valence-electron chi connectivity index (χ3n) is 0.789. The zero-order valence-corrected chi connectivity index (χ0v) is 7.54. The standard InChI is InChI=1S/C9H12BO3/c1-7(2)11-10(12-8(3)4)13-9(5)6/h1-6H2. The minimum absolute atomic E-state index is 0.201. The molecular formula is C9H12BO3. The zero-order chi connectivity index (χ0) is 10.4. The molecule has 0 aliphatic heterocycles. The summed E-state index contributed by atoms with van der Waals surface area (Å²) < 4.78 is 14.8. The van der Waals surface area contributed by atoms with Crippen molar-refractivity contribution in [2.75, 3.05) is 0 Å². The van der Waals surface area contributed by atoms with E-state index in [1.54, 1.807) is 0 Å². The van der Waals surface area contributed by atoms with Crippen LogP contribution in [0.2, 0.25) is 0 Å². The molecule has 0 spiro atoms. The molecule has 1 radical (unpaired) electrons. The van der Waals surface area contributed by atoms with Crippen LogP contribution in [0.5, 0.6) is 0 Å². The van der Waals surface area contributed by atoms with Gasteiger partial charge in [-0.2, -0.15) is 0 Å². The molecule has 69 valence electrons. The summed E-state index contributed by atoms with van der Waals surface area (Å²) in [6, 6.07) is 0. The van der Waals surface area contributed by atoms with Crippen molar-refractivity contribution >= 4 is 7.32 Å². The zero-order valence-electron chi connectivity index (χ0n) is 7.54. The Morgan fingerprint density at radius 2 is 1.69 bits per heavy atom. The van der Waals surface area contributed by atoms with Gasteiger partial charge >= 0.3 is 7.32 Å². The molecule has 0 unspecified atom stereocenters. The Labute approximate surface area is 79.9 Å². The fraction of sp³-hybridized carbons (Fsp3) is 0. The molecule has 0 rings (SSSR count). The summed E-state index contributed by atoms with van der Waals surface area (Å²) in [6.45, 7) is 20.5. The van der Waals surface area contributed by atoms with Gasteiger partial charge in [-0.1, -0.05) is 12.3 Å². The number of hydrogen-bond acceptors (Lipinski definition) is 3. The molecule has 0 aliphatic carbocycles. The predicted molar refractivity (Wildman–Crippen MR) is 52.5 cm³/mol. The Kier molecular flexibility index (Phi) is 4.52. The Morgan fingerprint density at radius 1 is 1.15 bits per heavy atom. The second kappa shape index (κ2) is 5.14. The largest absolute Gasteiger partial charge is 0.863 e. The summed E-state index contributed by atoms with van der Waals surface area (Å²) in [7, 11) is -1.03. The van der Waals surface area contributed by atoms with E-state index in [0.717, 1.165) is 0 Å². The van der Waals surface area contributed by atoms with Gasteiger partial charge in [0.1, 0.15) is 0 Å². The van der Waals surface area contributed by atoms with Gasteiger partial charge in [0, 0.05) is 6.92 Å². The summed E-state index contributed by atoms with van der Waals surface area (Å²) in [5.41, 5.74) is 0. The van der Waals surface area contributed by atoms with Gasteiger partial charge in [-0.05, 0) is 0 Å². The van der Waals surface area contributed by atoms with Gasteiger partial charge in [-0.3, -0.25) is 0 Å². The van der Waals surface area contributed by atoms with Crippen LogP contribution in [-0.2, 0) is 14.0 Å². The van der Waals surface area contributed by atoms with E-state index in [1.165, 1.54) is 0 Å². The van der Waals surface area contributed by atoms with Crippen molar-refractivity contribution in [2.45, 2.75) is 0 Å². The molecular weight excluding hydrogens is 167 g/mol. The highest BCUT2D eigenvalue weighted by Gasteiger charge is 2.29. The molecule has 0 aromatic heterocycles. The lowest BCUT2D eigenvalue weighted by Crippen LogP contribution is -2.24. The first-order valence-electron chi connectivity index (χ1n) is 3.44. The molecule has 0 aliphatic rings. The fourth-order valence-electron chi connectivity index (χ4n) is 0.480. The maximum atomic E-state index is 4.92. The van der Waals surface area contributed by atoms with E-state index >= 15 is 0 Å². The molecule has 0 atom stereocenters. The van der Waals surface area contributed by atoms with Crippen LogP contribution in [-0.4, -0.2) is 7.32 Å². The molecule has 3 nitrogen and oxygen atoms in total. The maximum Gasteiger partial charge on any atom is 0.863 e. The topological polar surface area (TPSA) is 27.7 Å². The van der Waals surface area contributed by atoms with E-state index in [0.29, 0.717) is 0 Å². The Bertz CT molecular complexity index is 185. The first-order valence-corrected chi connectivity index (χ1v) is 3.44. The molecule has 0 amide bonds. The lowest BCUT2D eigenvalue weighted by atomic mass is 10.2. The van der Waals surface area contributed by atoms with Crippen LogP contribution in [0, 0.1) is 20.8 Å². The molecule has 0 saturated carbocycles. The minimum Gasteiger partial charge on any atom is -0.524 e. The van der Waals surface area contributed by atoms with Crippen LogP contribution < -0.4 is 0 Å². The molecule has 0 heterocycles. The molecule has 0 aromatic rings. The van der Waals surface area contributed by atoms with Crippen molar-refractivity contribution in [3.8, 4) is 0 Å². The highest BCUT2D eigenvalue weighted by molar-refractivity contribution is 6.37. The Hall–Kier alpha value is -1.58. The van der Waals surface area contributed by atoms with Gasteiger partial charge in [0.15, 0.2) is 0 Å². The fourth-order valence-corrected chi connectivity index (χ4v) is 0.480. The van der Waals surface area contributed by atoms with Crippen molar-refractivity contribution in [1.29, 1.82) is 0 Å². The van der Waals surface area contributed by atoms with E-state index in [-0.39, 0.29) is 17.3 Å². The first-order chi connectivity index (χ1) is 5.91. The average molecular weight is 179 g/mol. The van der Waals surface area contributed by atoms with Crippen LogP contribution in [0.25, 0.3) is 0 Å². The van der Waals surface area contributed by atoms with Gasteiger partial charge in [0.05, 0.1) is 19.3 Å². The SMILES string of the molecule is [CH2]C(=C)OB(OC(=C)[CH2+])OC(=C)[CH2-]. The summed E-state index contributed by atoms with van der Waals surface area (Å²) in [6.07, 6.45) is 0. The molecule has 0 aromatic carbocycles. The van der Waals surface area contributed by atoms with E-state index in [2.05, 4.69) is 40.5 Å². The molecule has 0 bridgehead atoms. The van der Waals surface area contributed by atoms with Crippen molar-refractivity contribution < 1.29 is 14.0 Å². The summed E-state index contributed by atoms with van der Waals surface area (Å²) in [5, 5.41) is 0. The highest BCUT2D eigenvalue weighted by Crippen LogP contribution is 2.06. The molecule has 0 saturated heterocycles. The van der Waals surface area contributed by atoms with E-state index < -0.39 is 7.32 Å². The first kappa shape index (κ1) is 11.4. The van der Waals surface area contributed by atoms with Crippen molar-refractivity contribution in [3.63, 3.8) is 0 Å². The van der Waals surface area contributed by atoms with Crippen LogP contribution in [0.15, 0.2) is 37.0 Å². The maximum absolute atomic E-state index is 4.92. The Balaban J connectivity index is 4.10. The monoisotopic (exact) mass is 179 g/mol.